The second kappa shape index (κ2) is 10.8. The standard InChI is InChI=1S/C20H28N4O4S/c1-4-12-28-16-8-6-15(7-9-16)22-18(26)13-17-19(27)23(5-2)20(29)24(17)11-10-21-14(3)25/h6-9,17H,4-5,10-13H2,1-3H3,(H,21,25)(H,22,26)/t17-/m0/s1. The molecule has 9 heteroatoms. The highest BCUT2D eigenvalue weighted by molar-refractivity contribution is 7.80. The largest absolute Gasteiger partial charge is 0.494 e. The average Bonchev–Trinajstić information content (AvgIpc) is 2.90. The molecule has 1 saturated heterocycles. The number of thiocarbonyl (C=S) groups is 1. The van der Waals surface area contributed by atoms with E-state index in [0.29, 0.717) is 37.0 Å². The summed E-state index contributed by atoms with van der Waals surface area (Å²) in [6, 6.07) is 6.43. The fourth-order valence-corrected chi connectivity index (χ4v) is 3.47. The molecular formula is C20H28N4O4S. The number of rotatable bonds is 10. The summed E-state index contributed by atoms with van der Waals surface area (Å²) in [5, 5.41) is 5.89. The zero-order chi connectivity index (χ0) is 21.4. The third-order valence-corrected chi connectivity index (χ3v) is 4.89. The van der Waals surface area contributed by atoms with E-state index in [1.807, 2.05) is 13.8 Å². The Morgan fingerprint density at radius 1 is 1.21 bits per heavy atom. The fraction of sp³-hybridized carbons (Fsp3) is 0.500. The maximum absolute atomic E-state index is 12.7. The molecule has 8 nitrogen and oxygen atoms in total. The number of likely N-dealkylation sites (N-methyl/N-ethyl adjacent to an activating group) is 1. The predicted octanol–water partition coefficient (Wildman–Crippen LogP) is 1.76. The monoisotopic (exact) mass is 420 g/mol. The van der Waals surface area contributed by atoms with Crippen molar-refractivity contribution in [3.63, 3.8) is 0 Å². The topological polar surface area (TPSA) is 91.0 Å². The van der Waals surface area contributed by atoms with E-state index < -0.39 is 6.04 Å². The SMILES string of the molecule is CCCOc1ccc(NC(=O)C[C@H]2C(=O)N(CC)C(=S)N2CCNC(C)=O)cc1. The summed E-state index contributed by atoms with van der Waals surface area (Å²) in [4.78, 5) is 39.6. The van der Waals surface area contributed by atoms with Crippen LogP contribution in [0.5, 0.6) is 5.75 Å². The number of carbonyl (C=O) groups excluding carboxylic acids is 3. The first kappa shape index (κ1) is 22.6. The number of hydrogen-bond acceptors (Lipinski definition) is 5. The molecule has 1 heterocycles. The summed E-state index contributed by atoms with van der Waals surface area (Å²) < 4.78 is 5.53. The molecule has 0 radical (unpaired) electrons. The van der Waals surface area contributed by atoms with Crippen LogP contribution >= 0.6 is 12.2 Å². The number of ether oxygens (including phenoxy) is 1. The van der Waals surface area contributed by atoms with Crippen LogP contribution in [0.1, 0.15) is 33.6 Å². The minimum atomic E-state index is -0.677. The Hall–Kier alpha value is -2.68. The molecule has 1 aliphatic rings. The Labute approximate surface area is 176 Å². The number of carbonyl (C=O) groups is 3. The van der Waals surface area contributed by atoms with Crippen LogP contribution in [0.15, 0.2) is 24.3 Å². The van der Waals surface area contributed by atoms with Crippen LogP contribution in [0.3, 0.4) is 0 Å². The highest BCUT2D eigenvalue weighted by Crippen LogP contribution is 2.21. The average molecular weight is 421 g/mol. The van der Waals surface area contributed by atoms with Gasteiger partial charge in [0.05, 0.1) is 13.0 Å². The van der Waals surface area contributed by atoms with Crippen molar-refractivity contribution in [2.24, 2.45) is 0 Å². The molecule has 0 saturated carbocycles. The minimum absolute atomic E-state index is 0.0242. The molecule has 1 fully saturated rings. The van der Waals surface area contributed by atoms with E-state index >= 15 is 0 Å². The molecule has 158 valence electrons. The summed E-state index contributed by atoms with van der Waals surface area (Å²) in [5.41, 5.74) is 0.629. The van der Waals surface area contributed by atoms with Crippen LogP contribution in [0.2, 0.25) is 0 Å². The van der Waals surface area contributed by atoms with Gasteiger partial charge >= 0.3 is 0 Å². The van der Waals surface area contributed by atoms with Gasteiger partial charge in [0.25, 0.3) is 5.91 Å². The molecule has 3 amide bonds. The van der Waals surface area contributed by atoms with Crippen molar-refractivity contribution >= 4 is 40.7 Å². The van der Waals surface area contributed by atoms with E-state index in [-0.39, 0.29) is 24.1 Å². The van der Waals surface area contributed by atoms with Gasteiger partial charge in [0.2, 0.25) is 11.8 Å². The van der Waals surface area contributed by atoms with Gasteiger partial charge in [-0.25, -0.2) is 0 Å². The van der Waals surface area contributed by atoms with Gasteiger partial charge in [-0.3, -0.25) is 19.3 Å². The van der Waals surface area contributed by atoms with Crippen LogP contribution < -0.4 is 15.4 Å². The molecule has 0 bridgehead atoms. The zero-order valence-corrected chi connectivity index (χ0v) is 17.9. The van der Waals surface area contributed by atoms with Gasteiger partial charge < -0.3 is 20.3 Å². The smallest absolute Gasteiger partial charge is 0.252 e. The fourth-order valence-electron chi connectivity index (χ4n) is 3.03. The van der Waals surface area contributed by atoms with Crippen molar-refractivity contribution < 1.29 is 19.1 Å². The number of anilines is 1. The van der Waals surface area contributed by atoms with E-state index in [1.54, 1.807) is 29.2 Å². The van der Waals surface area contributed by atoms with E-state index in [1.165, 1.54) is 11.8 Å². The predicted molar refractivity (Wildman–Crippen MR) is 115 cm³/mol. The van der Waals surface area contributed by atoms with E-state index in [9.17, 15) is 14.4 Å². The molecule has 1 aliphatic heterocycles. The van der Waals surface area contributed by atoms with Crippen LogP contribution in [0, 0.1) is 0 Å². The Bertz CT molecular complexity index is 753. The first-order valence-corrected chi connectivity index (χ1v) is 10.2. The van der Waals surface area contributed by atoms with Crippen molar-refractivity contribution in [2.45, 2.75) is 39.7 Å². The van der Waals surface area contributed by atoms with Crippen LogP contribution in [0.4, 0.5) is 5.69 Å². The molecule has 2 rings (SSSR count). The van der Waals surface area contributed by atoms with Gasteiger partial charge in [-0.15, -0.1) is 0 Å². The van der Waals surface area contributed by atoms with Gasteiger partial charge in [0, 0.05) is 32.2 Å². The number of nitrogens with zero attached hydrogens (tertiary/aromatic N) is 2. The van der Waals surface area contributed by atoms with Gasteiger partial charge in [-0.05, 0) is 49.8 Å². The van der Waals surface area contributed by atoms with Crippen molar-refractivity contribution in [1.29, 1.82) is 0 Å². The highest BCUT2D eigenvalue weighted by Gasteiger charge is 2.42. The maximum Gasteiger partial charge on any atom is 0.252 e. The highest BCUT2D eigenvalue weighted by atomic mass is 32.1. The van der Waals surface area contributed by atoms with Crippen molar-refractivity contribution in [3.8, 4) is 5.75 Å². The lowest BCUT2D eigenvalue weighted by molar-refractivity contribution is -0.130. The van der Waals surface area contributed by atoms with Gasteiger partial charge in [-0.1, -0.05) is 6.92 Å². The number of amides is 3. The lowest BCUT2D eigenvalue weighted by Gasteiger charge is -2.23. The van der Waals surface area contributed by atoms with E-state index in [0.717, 1.165) is 12.2 Å². The molecule has 2 N–H and O–H groups in total. The second-order valence-electron chi connectivity index (χ2n) is 6.68. The van der Waals surface area contributed by atoms with E-state index in [2.05, 4.69) is 10.6 Å². The lowest BCUT2D eigenvalue weighted by atomic mass is 10.1. The van der Waals surface area contributed by atoms with Crippen LogP contribution in [-0.2, 0) is 14.4 Å². The molecule has 0 aliphatic carbocycles. The van der Waals surface area contributed by atoms with Crippen LogP contribution in [-0.4, -0.2) is 64.9 Å². The number of benzene rings is 1. The molecule has 0 aromatic heterocycles. The molecule has 0 spiro atoms. The summed E-state index contributed by atoms with van der Waals surface area (Å²) in [7, 11) is 0. The first-order chi connectivity index (χ1) is 13.9. The number of nitrogens with one attached hydrogen (secondary N) is 2. The van der Waals surface area contributed by atoms with Gasteiger partial charge in [0.1, 0.15) is 11.8 Å². The molecule has 1 aromatic carbocycles. The second-order valence-corrected chi connectivity index (χ2v) is 7.05. The first-order valence-electron chi connectivity index (χ1n) is 9.76. The molecule has 29 heavy (non-hydrogen) atoms. The third-order valence-electron chi connectivity index (χ3n) is 4.44. The van der Waals surface area contributed by atoms with E-state index in [4.69, 9.17) is 17.0 Å². The molecule has 1 atom stereocenters. The quantitative estimate of drug-likeness (QED) is 0.561. The summed E-state index contributed by atoms with van der Waals surface area (Å²) in [5.74, 6) is 0.105. The Morgan fingerprint density at radius 3 is 2.48 bits per heavy atom. The van der Waals surface area contributed by atoms with Crippen molar-refractivity contribution in [3.05, 3.63) is 24.3 Å². The van der Waals surface area contributed by atoms with Gasteiger partial charge in [0.15, 0.2) is 5.11 Å². The Kier molecular flexibility index (Phi) is 8.38. The summed E-state index contributed by atoms with van der Waals surface area (Å²) in [6.45, 7) is 7.07. The summed E-state index contributed by atoms with van der Waals surface area (Å²) in [6.07, 6.45) is 0.895. The Morgan fingerprint density at radius 2 is 1.90 bits per heavy atom. The molecular weight excluding hydrogens is 392 g/mol. The Balaban J connectivity index is 2.00. The molecule has 0 unspecified atom stereocenters. The number of hydrogen-bond donors (Lipinski definition) is 2. The van der Waals surface area contributed by atoms with Crippen LogP contribution in [0.25, 0.3) is 0 Å². The minimum Gasteiger partial charge on any atom is -0.494 e. The summed E-state index contributed by atoms with van der Waals surface area (Å²) >= 11 is 5.40. The van der Waals surface area contributed by atoms with Crippen molar-refractivity contribution in [2.75, 3.05) is 31.6 Å². The normalized spacial score (nSPS) is 16.2. The van der Waals surface area contributed by atoms with Crippen molar-refractivity contribution in [1.82, 2.24) is 15.1 Å². The lowest BCUT2D eigenvalue weighted by Crippen LogP contribution is -2.42. The maximum atomic E-state index is 12.7. The molecule has 1 aromatic rings. The van der Waals surface area contributed by atoms with Gasteiger partial charge in [-0.2, -0.15) is 0 Å². The third kappa shape index (κ3) is 6.15. The zero-order valence-electron chi connectivity index (χ0n) is 17.1.